The fourth-order valence-corrected chi connectivity index (χ4v) is 5.29. The van der Waals surface area contributed by atoms with Crippen LogP contribution >= 0.6 is 23.1 Å². The average Bonchev–Trinajstić information content (AvgIpc) is 3.33. The minimum absolute atomic E-state index is 0.165. The Kier molecular flexibility index (Phi) is 4.28. The monoisotopic (exact) mass is 348 g/mol. The van der Waals surface area contributed by atoms with Gasteiger partial charge < -0.3 is 4.74 Å². The largest absolute Gasteiger partial charge is 0.465 e. The first-order chi connectivity index (χ1) is 11.3. The number of fused-ring (bicyclic) bond motifs is 3. The third-order valence-corrected chi connectivity index (χ3v) is 6.51. The molecule has 6 heteroatoms. The van der Waals surface area contributed by atoms with Crippen LogP contribution in [0.3, 0.4) is 0 Å². The molecule has 2 aromatic heterocycles. The quantitative estimate of drug-likeness (QED) is 0.462. The van der Waals surface area contributed by atoms with E-state index in [9.17, 15) is 4.79 Å². The number of ether oxygens (including phenoxy) is 1. The number of aryl methyl sites for hydroxylation is 2. The SMILES string of the molecule is CCOC(=O)CSc1nc(C2CC2)nc2sc3c(c12)CCCC3. The highest BCUT2D eigenvalue weighted by Crippen LogP contribution is 2.43. The van der Waals surface area contributed by atoms with E-state index in [0.29, 0.717) is 18.3 Å². The van der Waals surface area contributed by atoms with Gasteiger partial charge in [-0.05, 0) is 51.0 Å². The van der Waals surface area contributed by atoms with Crippen LogP contribution < -0.4 is 0 Å². The molecule has 2 aromatic rings. The Balaban J connectivity index is 1.73. The summed E-state index contributed by atoms with van der Waals surface area (Å²) in [6.07, 6.45) is 7.18. The van der Waals surface area contributed by atoms with Crippen molar-refractivity contribution in [2.45, 2.75) is 56.4 Å². The van der Waals surface area contributed by atoms with Gasteiger partial charge in [-0.1, -0.05) is 11.8 Å². The summed E-state index contributed by atoms with van der Waals surface area (Å²) in [6, 6.07) is 0. The zero-order valence-corrected chi connectivity index (χ0v) is 14.9. The van der Waals surface area contributed by atoms with Crippen LogP contribution in [0.15, 0.2) is 5.03 Å². The molecule has 0 bridgehead atoms. The normalized spacial score (nSPS) is 17.3. The van der Waals surface area contributed by atoms with Gasteiger partial charge in [0.15, 0.2) is 0 Å². The van der Waals surface area contributed by atoms with Crippen LogP contribution in [0.25, 0.3) is 10.2 Å². The molecular formula is C17H20N2O2S2. The summed E-state index contributed by atoms with van der Waals surface area (Å²) in [5.74, 6) is 1.67. The van der Waals surface area contributed by atoms with Crippen molar-refractivity contribution in [2.75, 3.05) is 12.4 Å². The minimum Gasteiger partial charge on any atom is -0.465 e. The van der Waals surface area contributed by atoms with Crippen molar-refractivity contribution in [3.63, 3.8) is 0 Å². The van der Waals surface area contributed by atoms with Crippen LogP contribution in [-0.2, 0) is 22.4 Å². The number of aromatic nitrogens is 2. The van der Waals surface area contributed by atoms with Gasteiger partial charge in [-0.3, -0.25) is 4.79 Å². The Morgan fingerprint density at radius 1 is 1.30 bits per heavy atom. The van der Waals surface area contributed by atoms with Crippen molar-refractivity contribution in [3.8, 4) is 0 Å². The van der Waals surface area contributed by atoms with Crippen LogP contribution in [0.1, 0.15) is 54.8 Å². The van der Waals surface area contributed by atoms with E-state index in [1.165, 1.54) is 53.3 Å². The van der Waals surface area contributed by atoms with E-state index < -0.39 is 0 Å². The lowest BCUT2D eigenvalue weighted by Gasteiger charge is -2.12. The smallest absolute Gasteiger partial charge is 0.316 e. The van der Waals surface area contributed by atoms with Crippen molar-refractivity contribution >= 4 is 39.3 Å². The highest BCUT2D eigenvalue weighted by atomic mass is 32.2. The van der Waals surface area contributed by atoms with Gasteiger partial charge in [0.05, 0.1) is 12.4 Å². The summed E-state index contributed by atoms with van der Waals surface area (Å²) < 4.78 is 5.06. The number of hydrogen-bond acceptors (Lipinski definition) is 6. The molecule has 0 saturated heterocycles. The van der Waals surface area contributed by atoms with Crippen molar-refractivity contribution in [2.24, 2.45) is 0 Å². The number of thioether (sulfide) groups is 1. The van der Waals surface area contributed by atoms with E-state index in [-0.39, 0.29) is 5.97 Å². The molecule has 0 radical (unpaired) electrons. The Labute approximate surface area is 144 Å². The molecule has 2 aliphatic carbocycles. The number of carbonyl (C=O) groups is 1. The molecule has 1 saturated carbocycles. The van der Waals surface area contributed by atoms with Crippen molar-refractivity contribution < 1.29 is 9.53 Å². The molecular weight excluding hydrogens is 328 g/mol. The molecule has 122 valence electrons. The van der Waals surface area contributed by atoms with Crippen LogP contribution in [0.4, 0.5) is 0 Å². The lowest BCUT2D eigenvalue weighted by molar-refractivity contribution is -0.139. The predicted molar refractivity (Wildman–Crippen MR) is 93.4 cm³/mol. The summed E-state index contributed by atoms with van der Waals surface area (Å²) in [5, 5.41) is 2.20. The number of carbonyl (C=O) groups excluding carboxylic acids is 1. The Bertz CT molecular complexity index is 753. The maximum absolute atomic E-state index is 11.7. The van der Waals surface area contributed by atoms with Crippen LogP contribution in [-0.4, -0.2) is 28.3 Å². The summed E-state index contributed by atoms with van der Waals surface area (Å²) in [6.45, 7) is 2.27. The molecule has 2 aliphatic rings. The van der Waals surface area contributed by atoms with Gasteiger partial charge >= 0.3 is 5.97 Å². The molecule has 2 heterocycles. The molecule has 0 unspecified atom stereocenters. The maximum atomic E-state index is 11.7. The first-order valence-electron chi connectivity index (χ1n) is 8.37. The standard InChI is InChI=1S/C17H20N2O2S2/c1-2-21-13(20)9-22-16-14-11-5-3-4-6-12(11)23-17(14)19-15(18-16)10-7-8-10/h10H,2-9H2,1H3. The van der Waals surface area contributed by atoms with Crippen LogP contribution in [0.2, 0.25) is 0 Å². The van der Waals surface area contributed by atoms with Crippen LogP contribution in [0.5, 0.6) is 0 Å². The average molecular weight is 348 g/mol. The van der Waals surface area contributed by atoms with Gasteiger partial charge in [0, 0.05) is 16.2 Å². The lowest BCUT2D eigenvalue weighted by Crippen LogP contribution is -2.07. The molecule has 0 aliphatic heterocycles. The van der Waals surface area contributed by atoms with Crippen LogP contribution in [0, 0.1) is 0 Å². The third-order valence-electron chi connectivity index (χ3n) is 4.37. The fraction of sp³-hybridized carbons (Fsp3) is 0.588. The fourth-order valence-electron chi connectivity index (χ4n) is 3.10. The number of hydrogen-bond donors (Lipinski definition) is 0. The number of esters is 1. The molecule has 0 spiro atoms. The molecule has 1 fully saturated rings. The molecule has 0 N–H and O–H groups in total. The van der Waals surface area contributed by atoms with E-state index in [1.807, 2.05) is 18.3 Å². The first kappa shape index (κ1) is 15.4. The number of nitrogens with zero attached hydrogens (tertiary/aromatic N) is 2. The van der Waals surface area contributed by atoms with Crippen molar-refractivity contribution in [1.82, 2.24) is 9.97 Å². The van der Waals surface area contributed by atoms with Gasteiger partial charge in [-0.25, -0.2) is 9.97 Å². The Morgan fingerprint density at radius 3 is 2.91 bits per heavy atom. The van der Waals surface area contributed by atoms with Crippen molar-refractivity contribution in [3.05, 3.63) is 16.3 Å². The van der Waals surface area contributed by atoms with E-state index in [0.717, 1.165) is 28.5 Å². The topological polar surface area (TPSA) is 52.1 Å². The molecule has 0 atom stereocenters. The number of thiophene rings is 1. The van der Waals surface area contributed by atoms with Gasteiger partial charge in [0.2, 0.25) is 0 Å². The van der Waals surface area contributed by atoms with E-state index >= 15 is 0 Å². The molecule has 4 rings (SSSR count). The lowest BCUT2D eigenvalue weighted by atomic mass is 9.97. The highest BCUT2D eigenvalue weighted by molar-refractivity contribution is 8.00. The predicted octanol–water partition coefficient (Wildman–Crippen LogP) is 4.10. The van der Waals surface area contributed by atoms with E-state index in [1.54, 1.807) is 0 Å². The second kappa shape index (κ2) is 6.40. The minimum atomic E-state index is -0.165. The molecule has 23 heavy (non-hydrogen) atoms. The van der Waals surface area contributed by atoms with Gasteiger partial charge in [0.1, 0.15) is 15.7 Å². The molecule has 0 amide bonds. The zero-order valence-electron chi connectivity index (χ0n) is 13.3. The summed E-state index contributed by atoms with van der Waals surface area (Å²) in [7, 11) is 0. The van der Waals surface area contributed by atoms with Gasteiger partial charge in [-0.2, -0.15) is 0 Å². The second-order valence-electron chi connectivity index (χ2n) is 6.15. The van der Waals surface area contributed by atoms with Crippen molar-refractivity contribution in [1.29, 1.82) is 0 Å². The first-order valence-corrected chi connectivity index (χ1v) is 10.2. The summed E-state index contributed by atoms with van der Waals surface area (Å²) in [4.78, 5) is 24.0. The zero-order chi connectivity index (χ0) is 15.8. The van der Waals surface area contributed by atoms with Gasteiger partial charge in [0.25, 0.3) is 0 Å². The number of rotatable bonds is 5. The Hall–Kier alpha value is -1.14. The second-order valence-corrected chi connectivity index (χ2v) is 8.19. The maximum Gasteiger partial charge on any atom is 0.316 e. The third kappa shape index (κ3) is 3.11. The Morgan fingerprint density at radius 2 is 2.13 bits per heavy atom. The summed E-state index contributed by atoms with van der Waals surface area (Å²) in [5.41, 5.74) is 1.44. The van der Waals surface area contributed by atoms with E-state index in [2.05, 4.69) is 0 Å². The summed E-state index contributed by atoms with van der Waals surface area (Å²) >= 11 is 3.35. The molecule has 4 nitrogen and oxygen atoms in total. The van der Waals surface area contributed by atoms with Gasteiger partial charge in [-0.15, -0.1) is 11.3 Å². The highest BCUT2D eigenvalue weighted by Gasteiger charge is 2.29. The molecule has 0 aromatic carbocycles. The van der Waals surface area contributed by atoms with E-state index in [4.69, 9.17) is 14.7 Å².